The van der Waals surface area contributed by atoms with E-state index >= 15 is 0 Å². The first-order valence-electron chi connectivity index (χ1n) is 6.03. The van der Waals surface area contributed by atoms with Crippen LogP contribution in [-0.2, 0) is 7.05 Å². The highest BCUT2D eigenvalue weighted by atomic mass is 16.4. The van der Waals surface area contributed by atoms with Crippen molar-refractivity contribution in [3.63, 3.8) is 0 Å². The molecule has 0 aliphatic carbocycles. The van der Waals surface area contributed by atoms with Crippen LogP contribution >= 0.6 is 0 Å². The summed E-state index contributed by atoms with van der Waals surface area (Å²) in [5.74, 6) is 1.05. The zero-order valence-corrected chi connectivity index (χ0v) is 11.5. The van der Waals surface area contributed by atoms with E-state index in [1.165, 1.54) is 0 Å². The quantitative estimate of drug-likeness (QED) is 0.375. The van der Waals surface area contributed by atoms with Gasteiger partial charge in [0.1, 0.15) is 0 Å². The normalized spacial score (nSPS) is 12.4. The van der Waals surface area contributed by atoms with Crippen LogP contribution in [0.15, 0.2) is 17.4 Å². The average molecular weight is 262 g/mol. The van der Waals surface area contributed by atoms with Gasteiger partial charge in [0.25, 0.3) is 0 Å². The van der Waals surface area contributed by atoms with Gasteiger partial charge in [-0.05, 0) is 18.9 Å². The van der Waals surface area contributed by atoms with Crippen molar-refractivity contribution in [2.75, 3.05) is 0 Å². The van der Waals surface area contributed by atoms with Gasteiger partial charge in [-0.15, -0.1) is 0 Å². The molecule has 0 aromatic carbocycles. The Balaban J connectivity index is 2.61. The van der Waals surface area contributed by atoms with Gasteiger partial charge in [0.05, 0.1) is 17.0 Å². The Morgan fingerprint density at radius 2 is 2.11 bits per heavy atom. The molecule has 2 rings (SSSR count). The van der Waals surface area contributed by atoms with Gasteiger partial charge in [-0.1, -0.05) is 19.0 Å². The molecular weight excluding hydrogens is 244 g/mol. The van der Waals surface area contributed by atoms with E-state index in [9.17, 15) is 0 Å². The zero-order valence-electron chi connectivity index (χ0n) is 11.5. The number of nitrogens with zero attached hydrogens (tertiary/aromatic N) is 5. The van der Waals surface area contributed by atoms with Gasteiger partial charge in [-0.3, -0.25) is 4.68 Å². The molecular formula is C12H18N6O. The van der Waals surface area contributed by atoms with E-state index in [1.807, 2.05) is 19.2 Å². The van der Waals surface area contributed by atoms with Crippen LogP contribution in [0.5, 0.6) is 0 Å². The summed E-state index contributed by atoms with van der Waals surface area (Å²) in [7, 11) is 1.80. The number of hydrogen-bond acceptors (Lipinski definition) is 4. The van der Waals surface area contributed by atoms with Crippen LogP contribution in [-0.4, -0.2) is 30.6 Å². The second kappa shape index (κ2) is 4.75. The van der Waals surface area contributed by atoms with Gasteiger partial charge < -0.3 is 10.9 Å². The molecule has 0 radical (unpaired) electrons. The van der Waals surface area contributed by atoms with Crippen molar-refractivity contribution in [2.24, 2.45) is 17.9 Å². The van der Waals surface area contributed by atoms with Gasteiger partial charge in [-0.2, -0.15) is 10.2 Å². The maximum atomic E-state index is 8.88. The lowest BCUT2D eigenvalue weighted by Gasteiger charge is -2.06. The summed E-state index contributed by atoms with van der Waals surface area (Å²) in [6, 6.07) is 1.95. The molecule has 102 valence electrons. The number of hydrogen-bond donors (Lipinski definition) is 2. The highest BCUT2D eigenvalue weighted by molar-refractivity contribution is 6.00. The van der Waals surface area contributed by atoms with Crippen LogP contribution in [0.3, 0.4) is 0 Å². The fourth-order valence-corrected chi connectivity index (χ4v) is 2.02. The number of aromatic nitrogens is 4. The van der Waals surface area contributed by atoms with Crippen molar-refractivity contribution >= 4 is 5.84 Å². The summed E-state index contributed by atoms with van der Waals surface area (Å²) in [5, 5.41) is 20.7. The van der Waals surface area contributed by atoms with E-state index < -0.39 is 0 Å². The molecule has 7 heteroatoms. The summed E-state index contributed by atoms with van der Waals surface area (Å²) in [4.78, 5) is 0. The summed E-state index contributed by atoms with van der Waals surface area (Å²) in [6.07, 6.45) is 1.85. The second-order valence-electron chi connectivity index (χ2n) is 4.73. The molecule has 2 aromatic rings. The molecule has 0 bridgehead atoms. The number of aryl methyl sites for hydroxylation is 2. The molecule has 0 amide bonds. The van der Waals surface area contributed by atoms with Gasteiger partial charge in [0.15, 0.2) is 11.7 Å². The van der Waals surface area contributed by atoms with Gasteiger partial charge in [0, 0.05) is 13.2 Å². The number of oxime groups is 1. The molecule has 0 aliphatic heterocycles. The second-order valence-corrected chi connectivity index (χ2v) is 4.73. The topological polar surface area (TPSA) is 94.2 Å². The maximum absolute atomic E-state index is 8.88. The van der Waals surface area contributed by atoms with Crippen molar-refractivity contribution in [1.29, 1.82) is 0 Å². The van der Waals surface area contributed by atoms with Crippen molar-refractivity contribution in [3.05, 3.63) is 29.2 Å². The van der Waals surface area contributed by atoms with Gasteiger partial charge >= 0.3 is 0 Å². The molecule has 3 N–H and O–H groups in total. The molecule has 2 heterocycles. The minimum Gasteiger partial charge on any atom is -0.409 e. The third kappa shape index (κ3) is 2.18. The molecule has 2 aromatic heterocycles. The Kier molecular flexibility index (Phi) is 3.28. The largest absolute Gasteiger partial charge is 0.409 e. The first-order chi connectivity index (χ1) is 8.95. The molecule has 0 aliphatic rings. The van der Waals surface area contributed by atoms with Crippen LogP contribution in [0.4, 0.5) is 0 Å². The number of nitrogens with two attached hydrogens (primary N) is 1. The number of amidine groups is 1. The van der Waals surface area contributed by atoms with Crippen LogP contribution < -0.4 is 5.73 Å². The Labute approximate surface area is 111 Å². The monoisotopic (exact) mass is 262 g/mol. The standard InChI is InChI=1S/C12H18N6O/c1-7(2)9-5-6-18(15-9)12-10(11(13)16-19)8(3)14-17(12)4/h5-7,19H,1-4H3,(H2,13,16). The highest BCUT2D eigenvalue weighted by Gasteiger charge is 2.19. The summed E-state index contributed by atoms with van der Waals surface area (Å²) < 4.78 is 3.36. The lowest BCUT2D eigenvalue weighted by molar-refractivity contribution is 0.318. The summed E-state index contributed by atoms with van der Waals surface area (Å²) in [6.45, 7) is 5.96. The molecule has 0 saturated carbocycles. The van der Waals surface area contributed by atoms with E-state index in [0.29, 0.717) is 23.0 Å². The molecule has 0 fully saturated rings. The zero-order chi connectivity index (χ0) is 14.2. The molecule has 0 unspecified atom stereocenters. The Hall–Kier alpha value is -2.31. The fourth-order valence-electron chi connectivity index (χ4n) is 2.02. The molecule has 0 spiro atoms. The third-order valence-electron chi connectivity index (χ3n) is 2.97. The summed E-state index contributed by atoms with van der Waals surface area (Å²) in [5.41, 5.74) is 7.97. The van der Waals surface area contributed by atoms with Gasteiger partial charge in [0.2, 0.25) is 0 Å². The number of rotatable bonds is 3. The SMILES string of the molecule is Cc1nn(C)c(-n2ccc(C(C)C)n2)c1C(N)=NO. The maximum Gasteiger partial charge on any atom is 0.175 e. The van der Waals surface area contributed by atoms with Crippen LogP contribution in [0.25, 0.3) is 5.82 Å². The lowest BCUT2D eigenvalue weighted by atomic mass is 10.1. The molecule has 7 nitrogen and oxygen atoms in total. The van der Waals surface area contributed by atoms with E-state index in [0.717, 1.165) is 5.69 Å². The van der Waals surface area contributed by atoms with E-state index in [-0.39, 0.29) is 5.84 Å². The minimum absolute atomic E-state index is 0.0298. The lowest BCUT2D eigenvalue weighted by Crippen LogP contribution is -2.17. The minimum atomic E-state index is 0.0298. The smallest absolute Gasteiger partial charge is 0.175 e. The summed E-state index contributed by atoms with van der Waals surface area (Å²) >= 11 is 0. The Morgan fingerprint density at radius 3 is 2.63 bits per heavy atom. The third-order valence-corrected chi connectivity index (χ3v) is 2.97. The fraction of sp³-hybridized carbons (Fsp3) is 0.417. The predicted octanol–water partition coefficient (Wildman–Crippen LogP) is 1.13. The first kappa shape index (κ1) is 13.1. The Morgan fingerprint density at radius 1 is 1.42 bits per heavy atom. The molecule has 19 heavy (non-hydrogen) atoms. The van der Waals surface area contributed by atoms with Crippen molar-refractivity contribution in [3.8, 4) is 5.82 Å². The highest BCUT2D eigenvalue weighted by Crippen LogP contribution is 2.19. The predicted molar refractivity (Wildman–Crippen MR) is 71.7 cm³/mol. The van der Waals surface area contributed by atoms with E-state index in [2.05, 4.69) is 29.2 Å². The van der Waals surface area contributed by atoms with Crippen LogP contribution in [0.1, 0.15) is 36.7 Å². The van der Waals surface area contributed by atoms with Crippen molar-refractivity contribution < 1.29 is 5.21 Å². The Bertz CT molecular complexity index is 622. The van der Waals surface area contributed by atoms with E-state index in [4.69, 9.17) is 10.9 Å². The molecule has 0 saturated heterocycles. The average Bonchev–Trinajstić information content (AvgIpc) is 2.92. The van der Waals surface area contributed by atoms with Crippen LogP contribution in [0.2, 0.25) is 0 Å². The molecule has 0 atom stereocenters. The van der Waals surface area contributed by atoms with E-state index in [1.54, 1.807) is 16.4 Å². The van der Waals surface area contributed by atoms with Gasteiger partial charge in [-0.25, -0.2) is 4.68 Å². The van der Waals surface area contributed by atoms with Crippen molar-refractivity contribution in [1.82, 2.24) is 19.6 Å². The van der Waals surface area contributed by atoms with Crippen LogP contribution in [0, 0.1) is 6.92 Å². The first-order valence-corrected chi connectivity index (χ1v) is 6.03. The van der Waals surface area contributed by atoms with Crippen molar-refractivity contribution in [2.45, 2.75) is 26.7 Å².